The Morgan fingerprint density at radius 3 is 2.92 bits per heavy atom. The van der Waals surface area contributed by atoms with E-state index in [0.717, 1.165) is 29.0 Å². The van der Waals surface area contributed by atoms with Gasteiger partial charge >= 0.3 is 0 Å². The molecule has 0 aliphatic heterocycles. The van der Waals surface area contributed by atoms with Crippen molar-refractivity contribution in [3.63, 3.8) is 0 Å². The van der Waals surface area contributed by atoms with Gasteiger partial charge < -0.3 is 14.4 Å². The second-order valence-corrected chi connectivity index (χ2v) is 8.89. The van der Waals surface area contributed by atoms with Crippen LogP contribution in [0.1, 0.15) is 19.3 Å². The Morgan fingerprint density at radius 1 is 1.46 bits per heavy atom. The fraction of sp³-hybridized carbons (Fsp3) is 0.471. The molecule has 1 saturated carbocycles. The molecule has 1 aromatic carbocycles. The molecule has 0 amide bonds. The highest BCUT2D eigenvalue weighted by Gasteiger charge is 2.29. The molecule has 0 spiro atoms. The quantitative estimate of drug-likeness (QED) is 0.575. The number of aliphatic hydroxyl groups excluding tert-OH is 1. The van der Waals surface area contributed by atoms with E-state index in [0.29, 0.717) is 16.1 Å². The molecule has 1 aliphatic carbocycles. The Labute approximate surface area is 149 Å². The van der Waals surface area contributed by atoms with Crippen molar-refractivity contribution in [1.29, 1.82) is 0 Å². The summed E-state index contributed by atoms with van der Waals surface area (Å²) in [4.78, 5) is 0.993. The number of hydrogen-bond donors (Lipinski definition) is 1. The number of aromatic nitrogens is 2. The average molecular weight is 366 g/mol. The number of ether oxygens (including phenoxy) is 1. The summed E-state index contributed by atoms with van der Waals surface area (Å²) in [6, 6.07) is 8.94. The van der Waals surface area contributed by atoms with Crippen LogP contribution in [0.25, 0.3) is 11.3 Å². The molecule has 1 fully saturated rings. The first kappa shape index (κ1) is 17.7. The van der Waals surface area contributed by atoms with Crippen molar-refractivity contribution in [1.82, 2.24) is 9.78 Å². The van der Waals surface area contributed by atoms with E-state index in [1.165, 1.54) is 6.42 Å². The highest BCUT2D eigenvalue weighted by molar-refractivity contribution is 8.12. The summed E-state index contributed by atoms with van der Waals surface area (Å²) in [5, 5.41) is 14.3. The molecular formula is C17H21N2O3S2. The molecule has 5 nitrogen and oxygen atoms in total. The zero-order valence-electron chi connectivity index (χ0n) is 13.6. The van der Waals surface area contributed by atoms with Gasteiger partial charge in [0.25, 0.3) is 0 Å². The Morgan fingerprint density at radius 2 is 2.29 bits per heavy atom. The molecule has 7 heteroatoms. The lowest BCUT2D eigenvalue weighted by Gasteiger charge is -2.27. The summed E-state index contributed by atoms with van der Waals surface area (Å²) in [5.41, 5.74) is 1.65. The fourth-order valence-electron chi connectivity index (χ4n) is 2.41. The van der Waals surface area contributed by atoms with Gasteiger partial charge in [-0.2, -0.15) is 5.10 Å². The Hall–Kier alpha value is -1.15. The van der Waals surface area contributed by atoms with Gasteiger partial charge in [-0.25, -0.2) is 0 Å². The van der Waals surface area contributed by atoms with Crippen molar-refractivity contribution in [2.45, 2.75) is 29.4 Å². The van der Waals surface area contributed by atoms with Gasteiger partial charge in [-0.15, -0.1) is 0 Å². The summed E-state index contributed by atoms with van der Waals surface area (Å²) < 4.78 is 19.5. The summed E-state index contributed by atoms with van der Waals surface area (Å²) in [6.07, 6.45) is 5.14. The maximum atomic E-state index is 12.2. The van der Waals surface area contributed by atoms with Crippen LogP contribution in [0.2, 0.25) is 0 Å². The topological polar surface area (TPSA) is 70.3 Å². The van der Waals surface area contributed by atoms with Gasteiger partial charge in [-0.1, -0.05) is 11.8 Å². The van der Waals surface area contributed by atoms with Crippen LogP contribution < -0.4 is 4.74 Å². The van der Waals surface area contributed by atoms with Crippen LogP contribution in [0.5, 0.6) is 5.75 Å². The largest absolute Gasteiger partial charge is 0.615 e. The van der Waals surface area contributed by atoms with E-state index < -0.39 is 11.2 Å². The third-order valence-corrected chi connectivity index (χ3v) is 7.11. The molecule has 1 unspecified atom stereocenters. The Bertz CT molecular complexity index is 674. The highest BCUT2D eigenvalue weighted by Crippen LogP contribution is 2.34. The van der Waals surface area contributed by atoms with Crippen molar-refractivity contribution in [2.24, 2.45) is 7.05 Å². The van der Waals surface area contributed by atoms with Crippen molar-refractivity contribution in [2.75, 3.05) is 18.3 Å². The van der Waals surface area contributed by atoms with Crippen LogP contribution in [0.4, 0.5) is 0 Å². The SMILES string of the molecule is Cn1c[c]c(-c2cc(OCCO)cc(SC[S+]([O-])C3CCC3)c2)n1. The minimum Gasteiger partial charge on any atom is -0.615 e. The maximum Gasteiger partial charge on any atom is 0.155 e. The van der Waals surface area contributed by atoms with Crippen LogP contribution in [0.3, 0.4) is 0 Å². The standard InChI is InChI=1S/C17H21N2O3S2/c1-19-6-5-17(18-19)13-9-14(22-8-7-20)11-15(10-13)23-12-24(21)16-3-2-4-16/h6,9-11,16,20H,2-4,7-8,12H2,1H3. The van der Waals surface area contributed by atoms with Crippen LogP contribution in [-0.2, 0) is 18.2 Å². The van der Waals surface area contributed by atoms with Crippen LogP contribution >= 0.6 is 11.8 Å². The van der Waals surface area contributed by atoms with Gasteiger partial charge in [-0.05, 0) is 48.6 Å². The van der Waals surface area contributed by atoms with Crippen molar-refractivity contribution < 1.29 is 14.4 Å². The lowest BCUT2D eigenvalue weighted by molar-refractivity contribution is 0.201. The fourth-order valence-corrected chi connectivity index (χ4v) is 5.45. The van der Waals surface area contributed by atoms with E-state index in [1.807, 2.05) is 25.2 Å². The zero-order valence-corrected chi connectivity index (χ0v) is 15.2. The van der Waals surface area contributed by atoms with E-state index in [-0.39, 0.29) is 13.2 Å². The predicted molar refractivity (Wildman–Crippen MR) is 96.6 cm³/mol. The number of nitrogens with zero attached hydrogens (tertiary/aromatic N) is 2. The van der Waals surface area contributed by atoms with E-state index in [9.17, 15) is 4.55 Å². The number of rotatable bonds is 8. The number of aryl methyl sites for hydroxylation is 1. The number of benzene rings is 1. The average Bonchev–Trinajstić information content (AvgIpc) is 2.96. The maximum absolute atomic E-state index is 12.2. The second-order valence-electron chi connectivity index (χ2n) is 5.76. The van der Waals surface area contributed by atoms with Crippen molar-refractivity contribution in [3.05, 3.63) is 30.5 Å². The highest BCUT2D eigenvalue weighted by atomic mass is 32.3. The molecule has 0 bridgehead atoms. The van der Waals surface area contributed by atoms with Gasteiger partial charge in [-0.3, -0.25) is 4.68 Å². The molecule has 2 aromatic rings. The van der Waals surface area contributed by atoms with Crippen LogP contribution in [-0.4, -0.2) is 43.0 Å². The Balaban J connectivity index is 1.75. The van der Waals surface area contributed by atoms with E-state index >= 15 is 0 Å². The van der Waals surface area contributed by atoms with Gasteiger partial charge in [0, 0.05) is 29.8 Å². The first-order valence-corrected chi connectivity index (χ1v) is 10.3. The molecule has 129 valence electrons. The summed E-state index contributed by atoms with van der Waals surface area (Å²) >= 11 is 0.795. The van der Waals surface area contributed by atoms with Crippen molar-refractivity contribution >= 4 is 22.9 Å². The lowest BCUT2D eigenvalue weighted by atomic mass is 10.0. The summed E-state index contributed by atoms with van der Waals surface area (Å²) in [7, 11) is 1.85. The first-order valence-electron chi connectivity index (χ1n) is 7.96. The number of aliphatic hydroxyl groups is 1. The van der Waals surface area contributed by atoms with E-state index in [4.69, 9.17) is 9.84 Å². The van der Waals surface area contributed by atoms with Gasteiger partial charge in [0.1, 0.15) is 23.3 Å². The summed E-state index contributed by atoms with van der Waals surface area (Å²) in [5.74, 6) is 0.678. The number of hydrogen-bond acceptors (Lipinski definition) is 5. The predicted octanol–water partition coefficient (Wildman–Crippen LogP) is 2.61. The van der Waals surface area contributed by atoms with Crippen LogP contribution in [0, 0.1) is 6.07 Å². The molecule has 1 heterocycles. The van der Waals surface area contributed by atoms with Crippen molar-refractivity contribution in [3.8, 4) is 17.0 Å². The van der Waals surface area contributed by atoms with E-state index in [2.05, 4.69) is 11.2 Å². The third kappa shape index (κ3) is 4.47. The molecule has 1 aromatic heterocycles. The second kappa shape index (κ2) is 8.29. The van der Waals surface area contributed by atoms with Crippen LogP contribution in [0.15, 0.2) is 29.3 Å². The molecule has 3 rings (SSSR count). The molecule has 1 atom stereocenters. The smallest absolute Gasteiger partial charge is 0.155 e. The molecule has 1 N–H and O–H groups in total. The minimum atomic E-state index is -0.783. The van der Waals surface area contributed by atoms with Gasteiger partial charge in [0.2, 0.25) is 0 Å². The monoisotopic (exact) mass is 365 g/mol. The summed E-state index contributed by atoms with van der Waals surface area (Å²) in [6.45, 7) is 0.210. The van der Waals surface area contributed by atoms with Gasteiger partial charge in [0.05, 0.1) is 6.61 Å². The molecule has 1 aliphatic rings. The molecule has 24 heavy (non-hydrogen) atoms. The first-order chi connectivity index (χ1) is 11.7. The zero-order chi connectivity index (χ0) is 16.9. The molecule has 1 radical (unpaired) electrons. The van der Waals surface area contributed by atoms with E-state index in [1.54, 1.807) is 22.6 Å². The Kier molecular flexibility index (Phi) is 6.10. The molecular weight excluding hydrogens is 344 g/mol. The normalized spacial score (nSPS) is 16.0. The number of thioether (sulfide) groups is 1. The molecule has 0 saturated heterocycles. The third-order valence-electron chi connectivity index (χ3n) is 3.93. The van der Waals surface area contributed by atoms with Gasteiger partial charge in [0.15, 0.2) is 5.08 Å². The minimum absolute atomic E-state index is 0.0336. The lowest BCUT2D eigenvalue weighted by Crippen LogP contribution is -2.29.